The highest BCUT2D eigenvalue weighted by atomic mass is 32.2. The molecule has 1 amide bonds. The first-order valence-corrected chi connectivity index (χ1v) is 14.4. The van der Waals surface area contributed by atoms with Crippen LogP contribution in [0.2, 0.25) is 0 Å². The Balaban J connectivity index is 1.56. The largest absolute Gasteiger partial charge is 0.478 e. The molecule has 1 fully saturated rings. The highest BCUT2D eigenvalue weighted by Crippen LogP contribution is 2.36. The summed E-state index contributed by atoms with van der Waals surface area (Å²) in [4.78, 5) is 29.4. The van der Waals surface area contributed by atoms with Crippen LogP contribution in [0, 0.1) is 5.92 Å². The number of amides is 1. The fourth-order valence-corrected chi connectivity index (χ4v) is 6.73. The van der Waals surface area contributed by atoms with Crippen molar-refractivity contribution in [3.63, 3.8) is 0 Å². The molecular weight excluding hydrogens is 514 g/mol. The number of carbonyl (C=O) groups excluding carboxylic acids is 1. The monoisotopic (exact) mass is 545 g/mol. The molecule has 1 atom stereocenters. The third-order valence-electron chi connectivity index (χ3n) is 6.83. The number of ether oxygens (including phenoxy) is 1. The van der Waals surface area contributed by atoms with E-state index in [1.165, 1.54) is 35.9 Å². The lowest BCUT2D eigenvalue weighted by Crippen LogP contribution is -2.30. The molecule has 0 spiro atoms. The molecule has 2 N–H and O–H groups in total. The van der Waals surface area contributed by atoms with Crippen molar-refractivity contribution in [3.05, 3.63) is 53.6 Å². The Morgan fingerprint density at radius 3 is 2.54 bits per heavy atom. The first-order chi connectivity index (χ1) is 17.7. The first kappa shape index (κ1) is 27.2. The van der Waals surface area contributed by atoms with Crippen LogP contribution in [0.25, 0.3) is 10.2 Å². The van der Waals surface area contributed by atoms with Crippen molar-refractivity contribution in [1.82, 2.24) is 9.29 Å². The van der Waals surface area contributed by atoms with Crippen molar-refractivity contribution in [2.24, 2.45) is 5.92 Å². The molecule has 0 radical (unpaired) electrons. The van der Waals surface area contributed by atoms with Gasteiger partial charge in [0.1, 0.15) is 0 Å². The maximum atomic E-state index is 13.5. The van der Waals surface area contributed by atoms with Crippen LogP contribution >= 0.6 is 11.3 Å². The van der Waals surface area contributed by atoms with E-state index < -0.39 is 21.9 Å². The van der Waals surface area contributed by atoms with Gasteiger partial charge in [-0.25, -0.2) is 18.2 Å². The van der Waals surface area contributed by atoms with Gasteiger partial charge in [-0.2, -0.15) is 4.31 Å². The highest BCUT2D eigenvalue weighted by molar-refractivity contribution is 7.89. The van der Waals surface area contributed by atoms with Crippen LogP contribution in [0.1, 0.15) is 53.9 Å². The number of nitrogens with zero attached hydrogens (tertiary/aromatic N) is 2. The molecule has 2 aromatic carbocycles. The number of sulfonamides is 1. The predicted molar refractivity (Wildman–Crippen MR) is 143 cm³/mol. The minimum absolute atomic E-state index is 0.162. The lowest BCUT2D eigenvalue weighted by molar-refractivity contribution is -0.118. The van der Waals surface area contributed by atoms with E-state index in [1.54, 1.807) is 36.4 Å². The molecule has 37 heavy (non-hydrogen) atoms. The van der Waals surface area contributed by atoms with E-state index in [0.717, 1.165) is 31.2 Å². The molecule has 1 heterocycles. The number of nitrogens with one attached hydrogen (secondary N) is 1. The molecule has 11 heteroatoms. The van der Waals surface area contributed by atoms with Crippen molar-refractivity contribution in [2.75, 3.05) is 32.6 Å². The van der Waals surface area contributed by atoms with Crippen molar-refractivity contribution >= 4 is 48.6 Å². The number of anilines is 1. The number of likely N-dealkylation sites (N-methyl/N-ethyl adjacent to an activating group) is 1. The van der Waals surface area contributed by atoms with Crippen LogP contribution in [-0.4, -0.2) is 62.0 Å². The van der Waals surface area contributed by atoms with E-state index >= 15 is 0 Å². The Labute approximate surface area is 220 Å². The number of thiazole rings is 1. The lowest BCUT2D eigenvalue weighted by atomic mass is 9.87. The number of carboxylic acid groups (broad SMARTS) is 1. The number of carboxylic acids is 1. The van der Waals surface area contributed by atoms with E-state index in [0.29, 0.717) is 34.3 Å². The van der Waals surface area contributed by atoms with Gasteiger partial charge in [-0.1, -0.05) is 49.2 Å². The molecule has 198 valence electrons. The quantitative estimate of drug-likeness (QED) is 0.362. The van der Waals surface area contributed by atoms with Gasteiger partial charge in [-0.3, -0.25) is 4.79 Å². The average Bonchev–Trinajstić information content (AvgIpc) is 3.54. The number of aromatic carboxylic acids is 1. The van der Waals surface area contributed by atoms with Gasteiger partial charge in [-0.15, -0.1) is 0 Å². The molecule has 1 aromatic heterocycles. The number of fused-ring (bicyclic) bond motifs is 1. The SMILES string of the molecule is COCCN(C)S(=O)(=O)c1ccc([C@@H](CC2CCCC2)C(=O)Nc2nc3ccc(C(=O)O)cc3s2)cc1. The number of hydrogen-bond acceptors (Lipinski definition) is 7. The Bertz CT molecular complexity index is 1360. The lowest BCUT2D eigenvalue weighted by Gasteiger charge is -2.21. The van der Waals surface area contributed by atoms with E-state index in [-0.39, 0.29) is 22.9 Å². The molecule has 9 nitrogen and oxygen atoms in total. The van der Waals surface area contributed by atoms with Crippen LogP contribution in [-0.2, 0) is 19.6 Å². The van der Waals surface area contributed by atoms with Gasteiger partial charge in [0.25, 0.3) is 0 Å². The first-order valence-electron chi connectivity index (χ1n) is 12.2. The van der Waals surface area contributed by atoms with Crippen LogP contribution in [0.15, 0.2) is 47.4 Å². The van der Waals surface area contributed by atoms with Gasteiger partial charge in [-0.05, 0) is 48.2 Å². The fraction of sp³-hybridized carbons (Fsp3) is 0.423. The zero-order valence-corrected chi connectivity index (χ0v) is 22.5. The average molecular weight is 546 g/mol. The predicted octanol–water partition coefficient (Wildman–Crippen LogP) is 4.56. The fourth-order valence-electron chi connectivity index (χ4n) is 4.67. The van der Waals surface area contributed by atoms with Crippen molar-refractivity contribution in [1.29, 1.82) is 0 Å². The molecule has 1 aliphatic carbocycles. The number of carbonyl (C=O) groups is 2. The summed E-state index contributed by atoms with van der Waals surface area (Å²) >= 11 is 1.23. The number of rotatable bonds is 11. The van der Waals surface area contributed by atoms with Gasteiger partial charge < -0.3 is 15.2 Å². The maximum absolute atomic E-state index is 13.5. The molecule has 0 saturated heterocycles. The number of hydrogen-bond donors (Lipinski definition) is 2. The van der Waals surface area contributed by atoms with Crippen molar-refractivity contribution in [3.8, 4) is 0 Å². The summed E-state index contributed by atoms with van der Waals surface area (Å²) < 4.78 is 32.7. The second-order valence-electron chi connectivity index (χ2n) is 9.32. The zero-order chi connectivity index (χ0) is 26.6. The molecule has 0 bridgehead atoms. The number of benzene rings is 2. The smallest absolute Gasteiger partial charge is 0.335 e. The third kappa shape index (κ3) is 6.35. The van der Waals surface area contributed by atoms with Crippen LogP contribution in [0.5, 0.6) is 0 Å². The molecule has 1 saturated carbocycles. The molecule has 1 aliphatic rings. The van der Waals surface area contributed by atoms with Crippen LogP contribution in [0.3, 0.4) is 0 Å². The summed E-state index contributed by atoms with van der Waals surface area (Å²) in [6.45, 7) is 0.532. The number of methoxy groups -OCH3 is 1. The van der Waals surface area contributed by atoms with Gasteiger partial charge in [0.05, 0.1) is 33.2 Å². The normalized spacial score (nSPS) is 15.3. The molecule has 4 rings (SSSR count). The molecule has 0 unspecified atom stereocenters. The van der Waals surface area contributed by atoms with Crippen molar-refractivity contribution in [2.45, 2.75) is 42.9 Å². The summed E-state index contributed by atoms with van der Waals surface area (Å²) in [5, 5.41) is 12.6. The number of aromatic nitrogens is 1. The van der Waals surface area contributed by atoms with Crippen molar-refractivity contribution < 1.29 is 27.9 Å². The summed E-state index contributed by atoms with van der Waals surface area (Å²) in [5.74, 6) is -1.27. The molecule has 3 aromatic rings. The van der Waals surface area contributed by atoms with Gasteiger partial charge in [0.2, 0.25) is 15.9 Å². The second kappa shape index (κ2) is 11.7. The maximum Gasteiger partial charge on any atom is 0.335 e. The Morgan fingerprint density at radius 2 is 1.89 bits per heavy atom. The van der Waals surface area contributed by atoms with Gasteiger partial charge in [0.15, 0.2) is 5.13 Å². The molecule has 0 aliphatic heterocycles. The minimum atomic E-state index is -3.67. The van der Waals surface area contributed by atoms with E-state index in [1.807, 2.05) is 0 Å². The van der Waals surface area contributed by atoms with Gasteiger partial charge in [0, 0.05) is 20.7 Å². The van der Waals surface area contributed by atoms with Crippen LogP contribution in [0.4, 0.5) is 5.13 Å². The standard InChI is InChI=1S/C26H31N3O6S2/c1-29(13-14-35-2)37(33,34)20-10-7-18(8-11-20)21(15-17-5-3-4-6-17)24(30)28-26-27-22-12-9-19(25(31)32)16-23(22)36-26/h7-12,16-17,21H,3-6,13-15H2,1-2H3,(H,31,32)(H,27,28,30)/t21-/m1/s1. The van der Waals surface area contributed by atoms with E-state index in [2.05, 4.69) is 10.3 Å². The molecular formula is C26H31N3O6S2. The van der Waals surface area contributed by atoms with Gasteiger partial charge >= 0.3 is 5.97 Å². The topological polar surface area (TPSA) is 126 Å². The summed E-state index contributed by atoms with van der Waals surface area (Å²) in [6.07, 6.45) is 5.10. The third-order valence-corrected chi connectivity index (χ3v) is 9.63. The Hall–Kier alpha value is -2.86. The summed E-state index contributed by atoms with van der Waals surface area (Å²) in [6, 6.07) is 11.2. The highest BCUT2D eigenvalue weighted by Gasteiger charge is 2.28. The Morgan fingerprint density at radius 1 is 1.19 bits per heavy atom. The van der Waals surface area contributed by atoms with Crippen LogP contribution < -0.4 is 5.32 Å². The summed E-state index contributed by atoms with van der Waals surface area (Å²) in [5.41, 5.74) is 1.53. The minimum Gasteiger partial charge on any atom is -0.478 e. The summed E-state index contributed by atoms with van der Waals surface area (Å²) in [7, 11) is -0.637. The Kier molecular flexibility index (Phi) is 8.58. The zero-order valence-electron chi connectivity index (χ0n) is 20.8. The second-order valence-corrected chi connectivity index (χ2v) is 12.4. The van der Waals surface area contributed by atoms with E-state index in [9.17, 15) is 23.1 Å². The van der Waals surface area contributed by atoms with E-state index in [4.69, 9.17) is 4.74 Å².